The number of fused-ring (bicyclic) bond motifs is 1. The van der Waals surface area contributed by atoms with Crippen LogP contribution in [0.25, 0.3) is 16.6 Å². The van der Waals surface area contributed by atoms with Crippen molar-refractivity contribution in [1.82, 2.24) is 29.5 Å². The van der Waals surface area contributed by atoms with E-state index in [9.17, 15) is 4.39 Å². The van der Waals surface area contributed by atoms with E-state index >= 15 is 0 Å². The number of hydrogen-bond donors (Lipinski definition) is 0. The van der Waals surface area contributed by atoms with Gasteiger partial charge in [0, 0.05) is 73.7 Å². The molecule has 6 rings (SSSR count). The molecule has 1 fully saturated rings. The molecular weight excluding hydrogens is 467 g/mol. The molecule has 5 heterocycles. The van der Waals surface area contributed by atoms with Crippen LogP contribution in [-0.2, 0) is 0 Å². The molecule has 37 heavy (non-hydrogen) atoms. The number of aromatic nitrogens is 6. The van der Waals surface area contributed by atoms with E-state index in [1.165, 1.54) is 12.1 Å². The van der Waals surface area contributed by atoms with Gasteiger partial charge in [0.25, 0.3) is 0 Å². The van der Waals surface area contributed by atoms with Crippen molar-refractivity contribution in [3.05, 3.63) is 96.2 Å². The van der Waals surface area contributed by atoms with Crippen molar-refractivity contribution in [1.29, 1.82) is 0 Å². The molecule has 0 N–H and O–H groups in total. The minimum atomic E-state index is -0.231. The molecule has 1 saturated heterocycles. The molecule has 1 aliphatic rings. The van der Waals surface area contributed by atoms with Crippen LogP contribution in [0.5, 0.6) is 0 Å². The van der Waals surface area contributed by atoms with Gasteiger partial charge in [-0.05, 0) is 42.3 Å². The van der Waals surface area contributed by atoms with E-state index in [4.69, 9.17) is 0 Å². The zero-order valence-corrected chi connectivity index (χ0v) is 20.8. The van der Waals surface area contributed by atoms with Crippen LogP contribution in [0.3, 0.4) is 0 Å². The van der Waals surface area contributed by atoms with Gasteiger partial charge in [0.05, 0.1) is 0 Å². The van der Waals surface area contributed by atoms with Crippen LogP contribution in [-0.4, -0.2) is 55.7 Å². The zero-order chi connectivity index (χ0) is 25.4. The summed E-state index contributed by atoms with van der Waals surface area (Å²) in [4.78, 5) is 22.8. The van der Waals surface area contributed by atoms with Gasteiger partial charge in [0.1, 0.15) is 17.7 Å². The molecule has 0 saturated carbocycles. The highest BCUT2D eigenvalue weighted by Gasteiger charge is 2.23. The fourth-order valence-electron chi connectivity index (χ4n) is 4.74. The maximum atomic E-state index is 13.3. The molecule has 4 aromatic heterocycles. The molecule has 1 atom stereocenters. The standard InChI is InChI=1S/C28H27FN8/c1-19-3-4-22(14-30-19)23-13-26-27(33-18-34-37(26)17-23)35-9-11-36(12-10-35)28-31-15-24(16-32-28)20(2)21-5-7-25(29)8-6-21/h3-8,13-18,20H,9-12H2,1-2H3/t20-/m1/s1. The first-order valence-electron chi connectivity index (χ1n) is 12.4. The summed E-state index contributed by atoms with van der Waals surface area (Å²) in [6, 6.07) is 12.8. The zero-order valence-electron chi connectivity index (χ0n) is 20.8. The Hall–Kier alpha value is -4.40. The Morgan fingerprint density at radius 3 is 2.22 bits per heavy atom. The van der Waals surface area contributed by atoms with Crippen molar-refractivity contribution < 1.29 is 4.39 Å². The Kier molecular flexibility index (Phi) is 5.96. The fraction of sp³-hybridized carbons (Fsp3) is 0.250. The lowest BCUT2D eigenvalue weighted by Crippen LogP contribution is -2.47. The summed E-state index contributed by atoms with van der Waals surface area (Å²) < 4.78 is 15.1. The van der Waals surface area contributed by atoms with Crippen molar-refractivity contribution in [3.8, 4) is 11.1 Å². The molecule has 0 amide bonds. The third kappa shape index (κ3) is 4.60. The number of nitrogens with zero attached hydrogens (tertiary/aromatic N) is 8. The first kappa shape index (κ1) is 23.0. The summed E-state index contributed by atoms with van der Waals surface area (Å²) in [5.41, 5.74) is 6.13. The van der Waals surface area contributed by atoms with Gasteiger partial charge in [-0.15, -0.1) is 0 Å². The van der Waals surface area contributed by atoms with Crippen LogP contribution >= 0.6 is 0 Å². The van der Waals surface area contributed by atoms with E-state index in [0.29, 0.717) is 0 Å². The van der Waals surface area contributed by atoms with E-state index < -0.39 is 0 Å². The number of rotatable bonds is 5. The van der Waals surface area contributed by atoms with E-state index in [1.807, 2.05) is 54.4 Å². The maximum absolute atomic E-state index is 13.3. The molecule has 0 spiro atoms. The molecule has 9 heteroatoms. The quantitative estimate of drug-likeness (QED) is 0.356. The van der Waals surface area contributed by atoms with E-state index in [-0.39, 0.29) is 11.7 Å². The Labute approximate surface area is 214 Å². The van der Waals surface area contributed by atoms with Gasteiger partial charge in [-0.3, -0.25) is 4.98 Å². The molecule has 0 radical (unpaired) electrons. The number of piperazine rings is 1. The van der Waals surface area contributed by atoms with E-state index in [2.05, 4.69) is 53.9 Å². The molecule has 186 valence electrons. The second-order valence-electron chi connectivity index (χ2n) is 9.39. The monoisotopic (exact) mass is 494 g/mol. The number of halogens is 1. The number of anilines is 2. The third-order valence-corrected chi connectivity index (χ3v) is 7.02. The van der Waals surface area contributed by atoms with Gasteiger partial charge in [-0.25, -0.2) is 23.9 Å². The second kappa shape index (κ2) is 9.57. The minimum absolute atomic E-state index is 0.0919. The van der Waals surface area contributed by atoms with Gasteiger partial charge in [-0.1, -0.05) is 25.1 Å². The van der Waals surface area contributed by atoms with E-state index in [0.717, 1.165) is 71.4 Å². The molecule has 0 bridgehead atoms. The van der Waals surface area contributed by atoms with Crippen LogP contribution in [0.1, 0.15) is 29.7 Å². The van der Waals surface area contributed by atoms with Crippen LogP contribution in [0, 0.1) is 12.7 Å². The first-order chi connectivity index (χ1) is 18.0. The van der Waals surface area contributed by atoms with E-state index in [1.54, 1.807) is 6.33 Å². The highest BCUT2D eigenvalue weighted by molar-refractivity contribution is 5.77. The predicted molar refractivity (Wildman–Crippen MR) is 141 cm³/mol. The summed E-state index contributed by atoms with van der Waals surface area (Å²) in [5, 5.41) is 4.42. The highest BCUT2D eigenvalue weighted by Crippen LogP contribution is 2.28. The molecule has 1 aliphatic heterocycles. The molecule has 0 aliphatic carbocycles. The van der Waals surface area contributed by atoms with Crippen molar-refractivity contribution >= 4 is 17.3 Å². The summed E-state index contributed by atoms with van der Waals surface area (Å²) >= 11 is 0. The summed E-state index contributed by atoms with van der Waals surface area (Å²) in [6.45, 7) is 7.25. The SMILES string of the molecule is Cc1ccc(-c2cc3c(N4CCN(c5ncc([C@H](C)c6ccc(F)cc6)cn5)CC4)ncnn3c2)cn1. The normalized spacial score (nSPS) is 14.8. The minimum Gasteiger partial charge on any atom is -0.351 e. The average molecular weight is 495 g/mol. The predicted octanol–water partition coefficient (Wildman–Crippen LogP) is 4.51. The van der Waals surface area contributed by atoms with Crippen molar-refractivity contribution in [2.45, 2.75) is 19.8 Å². The summed E-state index contributed by atoms with van der Waals surface area (Å²) in [6.07, 6.45) is 9.26. The fourth-order valence-corrected chi connectivity index (χ4v) is 4.74. The lowest BCUT2D eigenvalue weighted by atomic mass is 9.95. The summed E-state index contributed by atoms with van der Waals surface area (Å²) in [7, 11) is 0. The van der Waals surface area contributed by atoms with Gasteiger partial charge in [0.15, 0.2) is 5.82 Å². The van der Waals surface area contributed by atoms with Crippen molar-refractivity contribution in [2.24, 2.45) is 0 Å². The van der Waals surface area contributed by atoms with Crippen LogP contribution in [0.2, 0.25) is 0 Å². The molecule has 0 unspecified atom stereocenters. The number of aryl methyl sites for hydroxylation is 1. The number of benzene rings is 1. The van der Waals surface area contributed by atoms with Crippen LogP contribution in [0.15, 0.2) is 73.6 Å². The number of pyridine rings is 1. The topological polar surface area (TPSA) is 75.3 Å². The Morgan fingerprint density at radius 1 is 0.784 bits per heavy atom. The third-order valence-electron chi connectivity index (χ3n) is 7.02. The van der Waals surface area contributed by atoms with Crippen LogP contribution < -0.4 is 9.80 Å². The lowest BCUT2D eigenvalue weighted by Gasteiger charge is -2.35. The molecule has 1 aromatic carbocycles. The van der Waals surface area contributed by atoms with Gasteiger partial charge in [-0.2, -0.15) is 5.10 Å². The molecular formula is C28H27FN8. The number of hydrogen-bond acceptors (Lipinski definition) is 7. The summed E-state index contributed by atoms with van der Waals surface area (Å²) in [5.74, 6) is 1.50. The molecule has 5 aromatic rings. The highest BCUT2D eigenvalue weighted by atomic mass is 19.1. The lowest BCUT2D eigenvalue weighted by molar-refractivity contribution is 0.626. The first-order valence-corrected chi connectivity index (χ1v) is 12.4. The van der Waals surface area contributed by atoms with Crippen molar-refractivity contribution in [3.63, 3.8) is 0 Å². The maximum Gasteiger partial charge on any atom is 0.225 e. The Bertz CT molecular complexity index is 1510. The Morgan fingerprint density at radius 2 is 1.51 bits per heavy atom. The molecule has 8 nitrogen and oxygen atoms in total. The largest absolute Gasteiger partial charge is 0.351 e. The van der Waals surface area contributed by atoms with Crippen LogP contribution in [0.4, 0.5) is 16.2 Å². The average Bonchev–Trinajstić information content (AvgIpc) is 3.38. The Balaban J connectivity index is 1.15. The van der Waals surface area contributed by atoms with Gasteiger partial charge >= 0.3 is 0 Å². The van der Waals surface area contributed by atoms with Gasteiger partial charge in [0.2, 0.25) is 5.95 Å². The smallest absolute Gasteiger partial charge is 0.225 e. The van der Waals surface area contributed by atoms with Gasteiger partial charge < -0.3 is 9.80 Å². The second-order valence-corrected chi connectivity index (χ2v) is 9.39. The van der Waals surface area contributed by atoms with Crippen molar-refractivity contribution in [2.75, 3.05) is 36.0 Å².